The molecule has 0 spiro atoms. The average molecular weight is 339 g/mol. The number of hydrogen-bond acceptors (Lipinski definition) is 4. The number of aromatic nitrogens is 2. The van der Waals surface area contributed by atoms with Gasteiger partial charge in [-0.2, -0.15) is 0 Å². The molecule has 2 aromatic heterocycles. The van der Waals surface area contributed by atoms with Crippen LogP contribution in [0.1, 0.15) is 37.8 Å². The van der Waals surface area contributed by atoms with Crippen LogP contribution in [0.4, 0.5) is 0 Å². The van der Waals surface area contributed by atoms with Crippen molar-refractivity contribution in [3.05, 3.63) is 57.8 Å². The Hall–Kier alpha value is -1.98. The fourth-order valence-electron chi connectivity index (χ4n) is 3.42. The molecule has 0 atom stereocenters. The van der Waals surface area contributed by atoms with Crippen molar-refractivity contribution >= 4 is 16.3 Å². The summed E-state index contributed by atoms with van der Waals surface area (Å²) in [6.45, 7) is 0.676. The van der Waals surface area contributed by atoms with Crippen LogP contribution in [0.25, 0.3) is 16.2 Å². The van der Waals surface area contributed by atoms with Gasteiger partial charge in [-0.05, 0) is 18.4 Å². The van der Waals surface area contributed by atoms with E-state index in [2.05, 4.69) is 10.3 Å². The van der Waals surface area contributed by atoms with Crippen LogP contribution in [0.3, 0.4) is 0 Å². The summed E-state index contributed by atoms with van der Waals surface area (Å²) >= 11 is 1.52. The molecule has 24 heavy (non-hydrogen) atoms. The van der Waals surface area contributed by atoms with Gasteiger partial charge < -0.3 is 5.32 Å². The van der Waals surface area contributed by atoms with E-state index < -0.39 is 0 Å². The molecule has 1 N–H and O–H groups in total. The maximum absolute atomic E-state index is 12.6. The van der Waals surface area contributed by atoms with E-state index in [1.165, 1.54) is 43.4 Å². The predicted octanol–water partition coefficient (Wildman–Crippen LogP) is 3.85. The third kappa shape index (κ3) is 3.14. The van der Waals surface area contributed by atoms with Gasteiger partial charge in [0.15, 0.2) is 4.96 Å². The summed E-state index contributed by atoms with van der Waals surface area (Å²) in [5.41, 5.74) is 2.80. The molecule has 0 amide bonds. The van der Waals surface area contributed by atoms with Crippen molar-refractivity contribution in [2.24, 2.45) is 0 Å². The van der Waals surface area contributed by atoms with Gasteiger partial charge >= 0.3 is 0 Å². The molecule has 0 bridgehead atoms. The molecule has 0 saturated heterocycles. The first-order valence-electron chi connectivity index (χ1n) is 8.60. The van der Waals surface area contributed by atoms with Crippen LogP contribution in [0, 0.1) is 0 Å². The number of thiazole rings is 1. The maximum atomic E-state index is 12.6. The molecule has 1 aromatic carbocycles. The van der Waals surface area contributed by atoms with E-state index in [1.54, 1.807) is 10.5 Å². The summed E-state index contributed by atoms with van der Waals surface area (Å²) in [5, 5.41) is 5.57. The zero-order valence-electron chi connectivity index (χ0n) is 13.6. The molecule has 0 radical (unpaired) electrons. The topological polar surface area (TPSA) is 46.4 Å². The Labute approximate surface area is 145 Å². The second kappa shape index (κ2) is 6.87. The molecule has 1 aliphatic rings. The number of fused-ring (bicyclic) bond motifs is 1. The van der Waals surface area contributed by atoms with Crippen LogP contribution < -0.4 is 10.9 Å². The summed E-state index contributed by atoms with van der Waals surface area (Å²) in [6, 6.07) is 12.2. The molecule has 5 heteroatoms. The quantitative estimate of drug-likeness (QED) is 0.785. The molecular weight excluding hydrogens is 318 g/mol. The average Bonchev–Trinajstić information content (AvgIpc) is 3.06. The van der Waals surface area contributed by atoms with Gasteiger partial charge in [-0.1, -0.05) is 49.6 Å². The summed E-state index contributed by atoms with van der Waals surface area (Å²) in [4.78, 5) is 18.1. The predicted molar refractivity (Wildman–Crippen MR) is 98.5 cm³/mol. The van der Waals surface area contributed by atoms with Gasteiger partial charge in [0, 0.05) is 24.0 Å². The van der Waals surface area contributed by atoms with Crippen molar-refractivity contribution in [2.45, 2.75) is 44.7 Å². The number of benzene rings is 1. The first kappa shape index (κ1) is 15.5. The third-order valence-electron chi connectivity index (χ3n) is 4.70. The Bertz CT molecular complexity index is 879. The molecule has 1 saturated carbocycles. The van der Waals surface area contributed by atoms with Crippen molar-refractivity contribution in [1.29, 1.82) is 0 Å². The first-order chi connectivity index (χ1) is 11.8. The molecule has 3 aromatic rings. The van der Waals surface area contributed by atoms with Crippen LogP contribution in [-0.2, 0) is 6.54 Å². The minimum absolute atomic E-state index is 0.000507. The van der Waals surface area contributed by atoms with E-state index in [0.717, 1.165) is 21.9 Å². The van der Waals surface area contributed by atoms with Crippen LogP contribution in [0.15, 0.2) is 46.6 Å². The van der Waals surface area contributed by atoms with Gasteiger partial charge in [0.25, 0.3) is 5.56 Å². The van der Waals surface area contributed by atoms with Crippen molar-refractivity contribution < 1.29 is 0 Å². The van der Waals surface area contributed by atoms with Crippen LogP contribution in [0.2, 0.25) is 0 Å². The van der Waals surface area contributed by atoms with Crippen LogP contribution in [-0.4, -0.2) is 15.4 Å². The highest BCUT2D eigenvalue weighted by Crippen LogP contribution is 2.24. The Kier molecular flexibility index (Phi) is 4.45. The molecule has 4 nitrogen and oxygen atoms in total. The Morgan fingerprint density at radius 2 is 1.96 bits per heavy atom. The minimum atomic E-state index is 0.000507. The highest BCUT2D eigenvalue weighted by atomic mass is 32.1. The van der Waals surface area contributed by atoms with E-state index in [-0.39, 0.29) is 5.56 Å². The monoisotopic (exact) mass is 339 g/mol. The van der Waals surface area contributed by atoms with Crippen molar-refractivity contribution in [3.63, 3.8) is 0 Å². The molecule has 124 valence electrons. The maximum Gasteiger partial charge on any atom is 0.259 e. The number of hydrogen-bond donors (Lipinski definition) is 1. The zero-order valence-corrected chi connectivity index (χ0v) is 14.4. The standard InChI is InChI=1S/C19H21N3OS/c23-18-11-16(12-20-15-9-5-2-6-10-15)21-19-22(18)17(13-24-19)14-7-3-1-4-8-14/h1,3-4,7-8,11,13,15,20H,2,5-6,9-10,12H2. The Morgan fingerprint density at radius 1 is 1.17 bits per heavy atom. The molecule has 0 aliphatic heterocycles. The van der Waals surface area contributed by atoms with Crippen molar-refractivity contribution in [2.75, 3.05) is 0 Å². The summed E-state index contributed by atoms with van der Waals surface area (Å²) in [7, 11) is 0. The number of rotatable bonds is 4. The lowest BCUT2D eigenvalue weighted by molar-refractivity contribution is 0.371. The lowest BCUT2D eigenvalue weighted by Crippen LogP contribution is -2.31. The van der Waals surface area contributed by atoms with E-state index in [1.807, 2.05) is 35.7 Å². The summed E-state index contributed by atoms with van der Waals surface area (Å²) < 4.78 is 1.71. The minimum Gasteiger partial charge on any atom is -0.308 e. The fraction of sp³-hybridized carbons (Fsp3) is 0.368. The molecule has 4 rings (SSSR count). The second-order valence-electron chi connectivity index (χ2n) is 6.41. The van der Waals surface area contributed by atoms with Crippen LogP contribution in [0.5, 0.6) is 0 Å². The first-order valence-corrected chi connectivity index (χ1v) is 9.48. The molecular formula is C19H21N3OS. The zero-order chi connectivity index (χ0) is 16.4. The van der Waals surface area contributed by atoms with Crippen molar-refractivity contribution in [1.82, 2.24) is 14.7 Å². The largest absolute Gasteiger partial charge is 0.308 e. The number of nitrogens with one attached hydrogen (secondary N) is 1. The van der Waals surface area contributed by atoms with Gasteiger partial charge in [0.2, 0.25) is 0 Å². The SMILES string of the molecule is O=c1cc(CNC2CCCCC2)nc2scc(-c3ccccc3)n12. The van der Waals surface area contributed by atoms with Gasteiger partial charge in [-0.3, -0.25) is 9.20 Å². The van der Waals surface area contributed by atoms with Gasteiger partial charge in [-0.25, -0.2) is 4.98 Å². The third-order valence-corrected chi connectivity index (χ3v) is 5.53. The molecule has 1 fully saturated rings. The smallest absolute Gasteiger partial charge is 0.259 e. The summed E-state index contributed by atoms with van der Waals surface area (Å²) in [6.07, 6.45) is 6.42. The van der Waals surface area contributed by atoms with Gasteiger partial charge in [0.05, 0.1) is 11.4 Å². The molecule has 2 heterocycles. The lowest BCUT2D eigenvalue weighted by atomic mass is 9.95. The summed E-state index contributed by atoms with van der Waals surface area (Å²) in [5.74, 6) is 0. The Morgan fingerprint density at radius 3 is 2.75 bits per heavy atom. The normalized spacial score (nSPS) is 15.8. The van der Waals surface area contributed by atoms with E-state index in [9.17, 15) is 4.79 Å². The van der Waals surface area contributed by atoms with Crippen LogP contribution >= 0.6 is 11.3 Å². The highest BCUT2D eigenvalue weighted by molar-refractivity contribution is 7.15. The fourth-order valence-corrected chi connectivity index (χ4v) is 4.34. The molecule has 0 unspecified atom stereocenters. The van der Waals surface area contributed by atoms with Crippen molar-refractivity contribution in [3.8, 4) is 11.3 Å². The molecule has 1 aliphatic carbocycles. The lowest BCUT2D eigenvalue weighted by Gasteiger charge is -2.22. The van der Waals surface area contributed by atoms with Gasteiger partial charge in [0.1, 0.15) is 0 Å². The Balaban J connectivity index is 1.60. The number of nitrogens with zero attached hydrogens (tertiary/aromatic N) is 2. The van der Waals surface area contributed by atoms with Gasteiger partial charge in [-0.15, -0.1) is 11.3 Å². The van der Waals surface area contributed by atoms with E-state index >= 15 is 0 Å². The van der Waals surface area contributed by atoms with E-state index in [0.29, 0.717) is 12.6 Å². The highest BCUT2D eigenvalue weighted by Gasteiger charge is 2.14. The second-order valence-corrected chi connectivity index (χ2v) is 7.24. The van der Waals surface area contributed by atoms with E-state index in [4.69, 9.17) is 0 Å².